The Hall–Kier alpha value is -0.480. The third kappa shape index (κ3) is 3.25. The van der Waals surface area contributed by atoms with Crippen LogP contribution in [-0.4, -0.2) is 21.9 Å². The molecule has 1 aliphatic carbocycles. The predicted octanol–water partition coefficient (Wildman–Crippen LogP) is 2.42. The maximum atomic E-state index is 4.55. The molecule has 0 amide bonds. The van der Waals surface area contributed by atoms with Gasteiger partial charge in [-0.3, -0.25) is 0 Å². The molecule has 3 nitrogen and oxygen atoms in total. The molecule has 0 radical (unpaired) electrons. The van der Waals surface area contributed by atoms with E-state index in [1.807, 2.05) is 0 Å². The molecule has 1 aromatic rings. The molecule has 0 bridgehead atoms. The third-order valence-corrected chi connectivity index (χ3v) is 3.84. The van der Waals surface area contributed by atoms with E-state index in [0.717, 1.165) is 31.1 Å². The minimum Gasteiger partial charge on any atom is -0.313 e. The first kappa shape index (κ1) is 12.0. The molecule has 0 saturated heterocycles. The fourth-order valence-corrected chi connectivity index (χ4v) is 2.72. The van der Waals surface area contributed by atoms with Gasteiger partial charge in [0.25, 0.3) is 0 Å². The molecule has 90 valence electrons. The molecular formula is C12H21N3S. The van der Waals surface area contributed by atoms with Crippen LogP contribution in [0.2, 0.25) is 0 Å². The second-order valence-corrected chi connectivity index (χ2v) is 5.40. The summed E-state index contributed by atoms with van der Waals surface area (Å²) in [6.45, 7) is 5.46. The monoisotopic (exact) mass is 239 g/mol. The van der Waals surface area contributed by atoms with Crippen molar-refractivity contribution in [1.82, 2.24) is 14.7 Å². The van der Waals surface area contributed by atoms with Gasteiger partial charge in [0.1, 0.15) is 10.8 Å². The van der Waals surface area contributed by atoms with Crippen molar-refractivity contribution in [3.63, 3.8) is 0 Å². The fourth-order valence-electron chi connectivity index (χ4n) is 1.94. The molecule has 1 fully saturated rings. The Labute approximate surface area is 102 Å². The van der Waals surface area contributed by atoms with Crippen LogP contribution in [0, 0.1) is 5.92 Å². The summed E-state index contributed by atoms with van der Waals surface area (Å²) in [6, 6.07) is 0.637. The van der Waals surface area contributed by atoms with Crippen molar-refractivity contribution in [1.29, 1.82) is 0 Å². The molecule has 1 unspecified atom stereocenters. The van der Waals surface area contributed by atoms with Gasteiger partial charge < -0.3 is 5.32 Å². The van der Waals surface area contributed by atoms with Crippen LogP contribution in [-0.2, 0) is 12.8 Å². The summed E-state index contributed by atoms with van der Waals surface area (Å²) in [5.74, 6) is 1.89. The average molecular weight is 239 g/mol. The van der Waals surface area contributed by atoms with E-state index in [1.54, 1.807) is 11.5 Å². The number of aryl methyl sites for hydroxylation is 1. The molecule has 1 atom stereocenters. The predicted molar refractivity (Wildman–Crippen MR) is 67.8 cm³/mol. The zero-order valence-electron chi connectivity index (χ0n) is 10.2. The molecule has 0 spiro atoms. The molecule has 1 N–H and O–H groups in total. The van der Waals surface area contributed by atoms with Crippen LogP contribution in [0.25, 0.3) is 0 Å². The van der Waals surface area contributed by atoms with Gasteiger partial charge in [-0.1, -0.05) is 13.8 Å². The van der Waals surface area contributed by atoms with Crippen LogP contribution >= 0.6 is 11.5 Å². The average Bonchev–Trinajstić information content (AvgIpc) is 3.05. The summed E-state index contributed by atoms with van der Waals surface area (Å²) in [5.41, 5.74) is 0. The SMILES string of the molecule is CCCNC(Cc1nc(CC)ns1)C1CC1. The van der Waals surface area contributed by atoms with Crippen molar-refractivity contribution in [2.45, 2.75) is 52.0 Å². The van der Waals surface area contributed by atoms with Gasteiger partial charge in [-0.2, -0.15) is 4.37 Å². The molecule has 1 aliphatic rings. The zero-order chi connectivity index (χ0) is 11.4. The van der Waals surface area contributed by atoms with Gasteiger partial charge in [0, 0.05) is 18.9 Å². The lowest BCUT2D eigenvalue weighted by molar-refractivity contribution is 0.459. The largest absolute Gasteiger partial charge is 0.313 e. The Morgan fingerprint density at radius 3 is 2.81 bits per heavy atom. The van der Waals surface area contributed by atoms with Crippen molar-refractivity contribution in [2.24, 2.45) is 5.92 Å². The maximum Gasteiger partial charge on any atom is 0.142 e. The molecule has 0 aliphatic heterocycles. The molecular weight excluding hydrogens is 218 g/mol. The van der Waals surface area contributed by atoms with Crippen LogP contribution in [0.15, 0.2) is 0 Å². The first-order valence-electron chi connectivity index (χ1n) is 6.38. The Bertz CT molecular complexity index is 320. The van der Waals surface area contributed by atoms with Crippen molar-refractivity contribution in [2.75, 3.05) is 6.54 Å². The molecule has 1 heterocycles. The van der Waals surface area contributed by atoms with Crippen LogP contribution in [0.3, 0.4) is 0 Å². The van der Waals surface area contributed by atoms with Gasteiger partial charge in [-0.15, -0.1) is 0 Å². The summed E-state index contributed by atoms with van der Waals surface area (Å²) in [7, 11) is 0. The van der Waals surface area contributed by atoms with Crippen molar-refractivity contribution in [3.05, 3.63) is 10.8 Å². The van der Waals surface area contributed by atoms with Gasteiger partial charge in [0.2, 0.25) is 0 Å². The smallest absolute Gasteiger partial charge is 0.142 e. The highest BCUT2D eigenvalue weighted by molar-refractivity contribution is 7.05. The first-order valence-corrected chi connectivity index (χ1v) is 7.15. The summed E-state index contributed by atoms with van der Waals surface area (Å²) in [4.78, 5) is 4.55. The number of hydrogen-bond donors (Lipinski definition) is 1. The van der Waals surface area contributed by atoms with E-state index in [9.17, 15) is 0 Å². The van der Waals surface area contributed by atoms with Crippen LogP contribution in [0.1, 0.15) is 43.9 Å². The van der Waals surface area contributed by atoms with Gasteiger partial charge in [-0.25, -0.2) is 4.98 Å². The van der Waals surface area contributed by atoms with E-state index in [1.165, 1.54) is 24.3 Å². The second-order valence-electron chi connectivity index (χ2n) is 4.56. The highest BCUT2D eigenvalue weighted by Gasteiger charge is 2.31. The van der Waals surface area contributed by atoms with Crippen molar-refractivity contribution in [3.8, 4) is 0 Å². The molecule has 1 saturated carbocycles. The number of hydrogen-bond acceptors (Lipinski definition) is 4. The Morgan fingerprint density at radius 1 is 1.44 bits per heavy atom. The Kier molecular flexibility index (Phi) is 4.29. The topological polar surface area (TPSA) is 37.8 Å². The van der Waals surface area contributed by atoms with E-state index in [2.05, 4.69) is 28.5 Å². The van der Waals surface area contributed by atoms with Gasteiger partial charge in [0.05, 0.1) is 0 Å². The summed E-state index contributed by atoms with van der Waals surface area (Å²) < 4.78 is 4.35. The highest BCUT2D eigenvalue weighted by atomic mass is 32.1. The van der Waals surface area contributed by atoms with E-state index < -0.39 is 0 Å². The van der Waals surface area contributed by atoms with Crippen LogP contribution < -0.4 is 5.32 Å². The number of rotatable bonds is 7. The number of nitrogens with one attached hydrogen (secondary N) is 1. The maximum absolute atomic E-state index is 4.55. The zero-order valence-corrected chi connectivity index (χ0v) is 11.0. The lowest BCUT2D eigenvalue weighted by atomic mass is 10.1. The Morgan fingerprint density at radius 2 is 2.25 bits per heavy atom. The Balaban J connectivity index is 1.88. The van der Waals surface area contributed by atoms with E-state index in [4.69, 9.17) is 0 Å². The van der Waals surface area contributed by atoms with Gasteiger partial charge in [0.15, 0.2) is 0 Å². The molecule has 0 aromatic carbocycles. The quantitative estimate of drug-likeness (QED) is 0.794. The molecule has 2 rings (SSSR count). The normalized spacial score (nSPS) is 17.6. The molecule has 1 aromatic heterocycles. The van der Waals surface area contributed by atoms with E-state index >= 15 is 0 Å². The third-order valence-electron chi connectivity index (χ3n) is 3.07. The van der Waals surface area contributed by atoms with E-state index in [-0.39, 0.29) is 0 Å². The standard InChI is InChI=1S/C12H21N3S/c1-3-7-13-10(9-5-6-9)8-12-14-11(4-2)15-16-12/h9-10,13H,3-8H2,1-2H3. The lowest BCUT2D eigenvalue weighted by Gasteiger charge is -2.15. The fraction of sp³-hybridized carbons (Fsp3) is 0.833. The summed E-state index contributed by atoms with van der Waals surface area (Å²) >= 11 is 1.58. The number of aromatic nitrogens is 2. The number of nitrogens with zero attached hydrogens (tertiary/aromatic N) is 2. The van der Waals surface area contributed by atoms with Gasteiger partial charge in [-0.05, 0) is 43.3 Å². The minimum atomic E-state index is 0.637. The lowest BCUT2D eigenvalue weighted by Crippen LogP contribution is -2.33. The van der Waals surface area contributed by atoms with Crippen molar-refractivity contribution >= 4 is 11.5 Å². The van der Waals surface area contributed by atoms with Gasteiger partial charge >= 0.3 is 0 Å². The summed E-state index contributed by atoms with van der Waals surface area (Å²) in [6.07, 6.45) is 6.01. The van der Waals surface area contributed by atoms with Crippen LogP contribution in [0.4, 0.5) is 0 Å². The molecule has 16 heavy (non-hydrogen) atoms. The van der Waals surface area contributed by atoms with E-state index in [0.29, 0.717) is 6.04 Å². The van der Waals surface area contributed by atoms with Crippen molar-refractivity contribution < 1.29 is 0 Å². The molecule has 4 heteroatoms. The van der Waals surface area contributed by atoms with Crippen LogP contribution in [0.5, 0.6) is 0 Å². The summed E-state index contributed by atoms with van der Waals surface area (Å²) in [5, 5.41) is 4.85. The first-order chi connectivity index (χ1) is 7.83. The minimum absolute atomic E-state index is 0.637. The second kappa shape index (κ2) is 5.73. The highest BCUT2D eigenvalue weighted by Crippen LogP contribution is 2.34.